The largest absolute Gasteiger partial charge is 0.310 e. The van der Waals surface area contributed by atoms with Crippen molar-refractivity contribution in [2.24, 2.45) is 0 Å². The molecule has 0 amide bonds. The van der Waals surface area contributed by atoms with E-state index in [1.807, 2.05) is 0 Å². The molecule has 8 nitrogen and oxygen atoms in total. The summed E-state index contributed by atoms with van der Waals surface area (Å²) in [5, 5.41) is 9.70. The van der Waals surface area contributed by atoms with Gasteiger partial charge in [0.15, 0.2) is 0 Å². The van der Waals surface area contributed by atoms with Crippen LogP contribution in [0.2, 0.25) is 0 Å². The van der Waals surface area contributed by atoms with Crippen molar-refractivity contribution in [1.29, 1.82) is 0 Å². The van der Waals surface area contributed by atoms with Crippen molar-refractivity contribution in [3.05, 3.63) is 558 Å². The van der Waals surface area contributed by atoms with Gasteiger partial charge in [0.25, 0.3) is 0 Å². The molecule has 0 N–H and O–H groups in total. The fourth-order valence-electron chi connectivity index (χ4n) is 20.9. The van der Waals surface area contributed by atoms with Crippen molar-refractivity contribution < 1.29 is 0 Å². The van der Waals surface area contributed by atoms with Crippen LogP contribution in [0.25, 0.3) is 154 Å². The summed E-state index contributed by atoms with van der Waals surface area (Å²) in [4.78, 5) is 9.43. The number of aromatic nitrogens is 4. The summed E-state index contributed by atoms with van der Waals surface area (Å²) in [7, 11) is 0. The number of anilines is 12. The molecule has 8 heteroatoms. The maximum Gasteiger partial charge on any atom is 0.0561 e. The topological polar surface area (TPSA) is 32.7 Å². The number of para-hydroxylation sites is 8. The van der Waals surface area contributed by atoms with Gasteiger partial charge in [0.1, 0.15) is 0 Å². The van der Waals surface area contributed by atoms with Crippen molar-refractivity contribution in [2.75, 3.05) is 19.6 Å². The lowest BCUT2D eigenvalue weighted by molar-refractivity contribution is 1.13. The highest BCUT2D eigenvalue weighted by Crippen LogP contribution is 2.48. The molecule has 0 bridgehead atoms. The third-order valence-electron chi connectivity index (χ3n) is 27.4. The fraction of sp³-hybridized carbons (Fsp3) is 0. The van der Waals surface area contributed by atoms with Crippen LogP contribution in [0, 0.1) is 0 Å². The normalized spacial score (nSPS) is 11.4. The van der Waals surface area contributed by atoms with E-state index in [1.165, 1.54) is 98.6 Å². The quantitative estimate of drug-likeness (QED) is 0.0761. The van der Waals surface area contributed by atoms with Crippen molar-refractivity contribution in [1.82, 2.24) is 18.3 Å². The van der Waals surface area contributed by atoms with Crippen molar-refractivity contribution in [2.45, 2.75) is 0 Å². The Bertz CT molecular complexity index is 8210. The standard InChI is InChI=1S/C78H54N4.C54H38N4/c1-5-18-55(19-6-1)59-32-40-63(41-33-59)79(64-42-34-60(35-43-64)56-20-7-2-8-21-56)69-48-50-73-71-28-13-15-30-75(71)81(77(73)53-69)67-26-17-27-68(52-67)82-76-31-16-14-29-72(76)74-51-49-70(54-78(74)82)80(65-44-36-61(37-45-65)57-22-9-3-10-23-57)66-46-38-62(39-47-66)58-24-11-4-12-25-58;1-5-17-39(18-6-1)55(40-19-7-2-8-20-40)45-33-35-49-47-25-13-15-27-51(47)57(53(49)37-45)43-29-31-44(32-30-43)58-52-28-16-14-26-48(52)50-36-34-46(38-54(50)58)56(41-21-9-3-10-22-41)42-23-11-4-12-24-42/h1-54H;1-38H. The summed E-state index contributed by atoms with van der Waals surface area (Å²) in [6, 6.07) is 202. The lowest BCUT2D eigenvalue weighted by Crippen LogP contribution is -2.10. The van der Waals surface area contributed by atoms with Gasteiger partial charge in [-0.1, -0.05) is 346 Å². The molecule has 22 aromatic carbocycles. The van der Waals surface area contributed by atoms with E-state index in [-0.39, 0.29) is 0 Å². The molecule has 4 heterocycles. The van der Waals surface area contributed by atoms with Crippen LogP contribution in [0.3, 0.4) is 0 Å². The second kappa shape index (κ2) is 36.2. The summed E-state index contributed by atoms with van der Waals surface area (Å²) in [5.41, 5.74) is 36.2. The average Bonchev–Trinajstić information content (AvgIpc) is 1.59. The molecule has 0 spiro atoms. The lowest BCUT2D eigenvalue weighted by Gasteiger charge is -2.26. The second-order valence-electron chi connectivity index (χ2n) is 35.6. The molecule has 0 radical (unpaired) electrons. The highest BCUT2D eigenvalue weighted by molar-refractivity contribution is 6.15. The molecule has 140 heavy (non-hydrogen) atoms. The van der Waals surface area contributed by atoms with Crippen molar-refractivity contribution >= 4 is 155 Å². The van der Waals surface area contributed by atoms with Gasteiger partial charge in [-0.2, -0.15) is 0 Å². The van der Waals surface area contributed by atoms with Crippen LogP contribution in [-0.2, 0) is 0 Å². The Morgan fingerprint density at radius 2 is 0.271 bits per heavy atom. The Morgan fingerprint density at radius 1 is 0.100 bits per heavy atom. The monoisotopic (exact) mass is 1790 g/mol. The summed E-state index contributed by atoms with van der Waals surface area (Å²) in [6.07, 6.45) is 0. The third kappa shape index (κ3) is 15.4. The Balaban J connectivity index is 0.000000157. The molecule has 26 rings (SSSR count). The molecule has 0 unspecified atom stereocenters. The molecular weight excluding hydrogens is 1700 g/mol. The van der Waals surface area contributed by atoms with Gasteiger partial charge in [0, 0.05) is 134 Å². The summed E-state index contributed by atoms with van der Waals surface area (Å²) >= 11 is 0. The molecule has 0 atom stereocenters. The van der Waals surface area contributed by atoms with Crippen LogP contribution >= 0.6 is 0 Å². The molecular formula is C132H92N8. The smallest absolute Gasteiger partial charge is 0.0561 e. The molecule has 0 aliphatic carbocycles. The first-order valence-corrected chi connectivity index (χ1v) is 47.8. The minimum Gasteiger partial charge on any atom is -0.310 e. The third-order valence-corrected chi connectivity index (χ3v) is 27.4. The number of benzene rings is 22. The van der Waals surface area contributed by atoms with Gasteiger partial charge in [-0.3, -0.25) is 0 Å². The van der Waals surface area contributed by atoms with Crippen LogP contribution in [0.4, 0.5) is 68.2 Å². The van der Waals surface area contributed by atoms with Gasteiger partial charge in [-0.15, -0.1) is 0 Å². The molecule has 4 aromatic heterocycles. The Morgan fingerprint density at radius 3 is 0.500 bits per heavy atom. The first-order chi connectivity index (χ1) is 69.5. The number of hydrogen-bond donors (Lipinski definition) is 0. The summed E-state index contributed by atoms with van der Waals surface area (Å²) in [5.74, 6) is 0. The van der Waals surface area contributed by atoms with Gasteiger partial charge >= 0.3 is 0 Å². The van der Waals surface area contributed by atoms with Crippen LogP contribution < -0.4 is 19.6 Å². The molecule has 0 aliphatic heterocycles. The maximum absolute atomic E-state index is 2.45. The highest BCUT2D eigenvalue weighted by Gasteiger charge is 2.26. The average molecular weight is 1790 g/mol. The van der Waals surface area contributed by atoms with Crippen LogP contribution in [-0.4, -0.2) is 18.3 Å². The molecule has 0 saturated carbocycles. The first kappa shape index (κ1) is 83.1. The zero-order valence-corrected chi connectivity index (χ0v) is 76.7. The van der Waals surface area contributed by atoms with E-state index in [4.69, 9.17) is 0 Å². The fourth-order valence-corrected chi connectivity index (χ4v) is 20.9. The van der Waals surface area contributed by atoms with Gasteiger partial charge < -0.3 is 37.9 Å². The van der Waals surface area contributed by atoms with Gasteiger partial charge in [-0.05, 0) is 257 Å². The van der Waals surface area contributed by atoms with E-state index in [2.05, 4.69) is 596 Å². The first-order valence-electron chi connectivity index (χ1n) is 47.8. The van der Waals surface area contributed by atoms with E-state index in [0.29, 0.717) is 0 Å². The summed E-state index contributed by atoms with van der Waals surface area (Å²) < 4.78 is 9.72. The minimum absolute atomic E-state index is 1.07. The van der Waals surface area contributed by atoms with Gasteiger partial charge in [-0.25, -0.2) is 0 Å². The van der Waals surface area contributed by atoms with E-state index in [1.54, 1.807) is 0 Å². The second-order valence-corrected chi connectivity index (χ2v) is 35.6. The van der Waals surface area contributed by atoms with Crippen molar-refractivity contribution in [3.63, 3.8) is 0 Å². The molecule has 0 saturated heterocycles. The maximum atomic E-state index is 2.45. The molecule has 0 fully saturated rings. The SMILES string of the molecule is c1ccc(-c2ccc(N(c3ccc(-c4ccccc4)cc3)c3ccc4c5ccccc5n(-c5cccc(-n6c7ccccc7c7ccc(N(c8ccc(-c9ccccc9)cc8)c8ccc(-c9ccccc9)cc8)cc76)c5)c4c3)cc2)cc1.c1ccc(N(c2ccccc2)c2ccc3c4ccccc4n(-c4ccc(-n5c6ccccc6c6ccc(N(c7ccccc7)c7ccccc7)cc65)cc4)c3c2)cc1. The number of rotatable bonds is 20. The van der Waals surface area contributed by atoms with Crippen LogP contribution in [0.15, 0.2) is 558 Å². The number of fused-ring (bicyclic) bond motifs is 12. The zero-order chi connectivity index (χ0) is 92.8. The van der Waals surface area contributed by atoms with E-state index in [9.17, 15) is 0 Å². The molecule has 0 aliphatic rings. The predicted molar refractivity (Wildman–Crippen MR) is 591 cm³/mol. The molecule has 26 aromatic rings. The molecule has 660 valence electrons. The minimum atomic E-state index is 1.07. The number of hydrogen-bond acceptors (Lipinski definition) is 4. The Kier molecular flexibility index (Phi) is 21.5. The van der Waals surface area contributed by atoms with Crippen LogP contribution in [0.5, 0.6) is 0 Å². The van der Waals surface area contributed by atoms with Crippen molar-refractivity contribution in [3.8, 4) is 67.3 Å². The Hall–Kier alpha value is -18.8. The van der Waals surface area contributed by atoms with Gasteiger partial charge in [0.05, 0.1) is 44.1 Å². The van der Waals surface area contributed by atoms with Crippen LogP contribution in [0.1, 0.15) is 0 Å². The van der Waals surface area contributed by atoms with E-state index >= 15 is 0 Å². The highest BCUT2D eigenvalue weighted by atomic mass is 15.2. The van der Waals surface area contributed by atoms with E-state index in [0.717, 1.165) is 124 Å². The van der Waals surface area contributed by atoms with E-state index < -0.39 is 0 Å². The lowest BCUT2D eigenvalue weighted by atomic mass is 10.0. The zero-order valence-electron chi connectivity index (χ0n) is 76.7. The van der Waals surface area contributed by atoms with Gasteiger partial charge in [0.2, 0.25) is 0 Å². The number of nitrogens with zero attached hydrogens (tertiary/aromatic N) is 8. The summed E-state index contributed by atoms with van der Waals surface area (Å²) in [6.45, 7) is 0. The predicted octanol–water partition coefficient (Wildman–Crippen LogP) is 36.3. The Labute approximate surface area is 813 Å².